The zero-order chi connectivity index (χ0) is 21.5. The van der Waals surface area contributed by atoms with Gasteiger partial charge in [-0.15, -0.1) is 0 Å². The number of carbonyl (C=O) groups is 2. The number of nitrogens with one attached hydrogen (secondary N) is 1. The molecular formula is C23H27BrN2O4. The maximum Gasteiger partial charge on any atom is 0.339 e. The lowest BCUT2D eigenvalue weighted by Crippen LogP contribution is -2.28. The van der Waals surface area contributed by atoms with Crippen LogP contribution in [-0.4, -0.2) is 25.6 Å². The van der Waals surface area contributed by atoms with Gasteiger partial charge >= 0.3 is 5.97 Å². The smallest absolute Gasteiger partial charge is 0.339 e. The summed E-state index contributed by atoms with van der Waals surface area (Å²) in [6.45, 7) is 1.33. The fraction of sp³-hybridized carbons (Fsp3) is 0.391. The Kier molecular flexibility index (Phi) is 7.87. The van der Waals surface area contributed by atoms with Crippen molar-refractivity contribution in [3.05, 3.63) is 58.1 Å². The topological polar surface area (TPSA) is 90.6 Å². The number of hydrogen-bond acceptors (Lipinski definition) is 5. The van der Waals surface area contributed by atoms with Crippen LogP contribution in [-0.2, 0) is 20.9 Å². The summed E-state index contributed by atoms with van der Waals surface area (Å²) in [7, 11) is 1.31. The molecule has 0 radical (unpaired) electrons. The third kappa shape index (κ3) is 5.83. The molecule has 0 bridgehead atoms. The Hall–Kier alpha value is -2.38. The van der Waals surface area contributed by atoms with Crippen molar-refractivity contribution >= 4 is 39.2 Å². The molecule has 30 heavy (non-hydrogen) atoms. The van der Waals surface area contributed by atoms with Crippen LogP contribution in [0.2, 0.25) is 0 Å². The molecule has 6 nitrogen and oxygen atoms in total. The van der Waals surface area contributed by atoms with Crippen molar-refractivity contribution < 1.29 is 19.1 Å². The first-order valence-corrected chi connectivity index (χ1v) is 10.9. The Balaban J connectivity index is 1.49. The molecule has 0 heterocycles. The minimum atomic E-state index is -0.492. The summed E-state index contributed by atoms with van der Waals surface area (Å²) in [4.78, 5) is 24.6. The third-order valence-corrected chi connectivity index (χ3v) is 6.14. The second-order valence-corrected chi connectivity index (χ2v) is 8.47. The Morgan fingerprint density at radius 1 is 1.13 bits per heavy atom. The lowest BCUT2D eigenvalue weighted by molar-refractivity contribution is -0.121. The molecule has 0 atom stereocenters. The minimum absolute atomic E-state index is 0.0662. The molecule has 1 saturated carbocycles. The van der Waals surface area contributed by atoms with Crippen molar-refractivity contribution in [2.24, 2.45) is 11.8 Å². The first-order valence-electron chi connectivity index (χ1n) is 10.1. The highest BCUT2D eigenvalue weighted by Gasteiger charge is 2.27. The summed E-state index contributed by atoms with van der Waals surface area (Å²) >= 11 is 3.30. The molecule has 3 rings (SSSR count). The molecular weight excluding hydrogens is 448 g/mol. The molecule has 2 aromatic carbocycles. The largest absolute Gasteiger partial charge is 0.465 e. The van der Waals surface area contributed by atoms with Crippen molar-refractivity contribution in [1.82, 2.24) is 0 Å². The zero-order valence-electron chi connectivity index (χ0n) is 17.0. The van der Waals surface area contributed by atoms with Crippen molar-refractivity contribution in [1.29, 1.82) is 0 Å². The van der Waals surface area contributed by atoms with Gasteiger partial charge in [0.15, 0.2) is 0 Å². The number of carbonyl (C=O) groups excluding carboxylic acids is 2. The standard InChI is InChI=1S/C23H27BrN2O4/c1-29-23(28)18-11-21(20(25)12-19(18)24)26-22(27)17-9-7-16(8-10-17)14-30-13-15-5-3-2-4-6-15/h2-6,11-12,16-17H,7-10,13-14,25H2,1H3,(H,26,27). The summed E-state index contributed by atoms with van der Waals surface area (Å²) < 4.78 is 11.2. The van der Waals surface area contributed by atoms with E-state index in [0.29, 0.717) is 40.5 Å². The molecule has 0 unspecified atom stereocenters. The van der Waals surface area contributed by atoms with E-state index in [1.54, 1.807) is 12.1 Å². The van der Waals surface area contributed by atoms with Gasteiger partial charge in [0.05, 0.1) is 30.7 Å². The number of hydrogen-bond donors (Lipinski definition) is 2. The molecule has 0 aromatic heterocycles. The van der Waals surface area contributed by atoms with E-state index >= 15 is 0 Å². The number of halogens is 1. The molecule has 160 valence electrons. The van der Waals surface area contributed by atoms with Crippen LogP contribution >= 0.6 is 15.9 Å². The van der Waals surface area contributed by atoms with Gasteiger partial charge in [-0.05, 0) is 65.2 Å². The number of anilines is 2. The zero-order valence-corrected chi connectivity index (χ0v) is 18.6. The summed E-state index contributed by atoms with van der Waals surface area (Å²) in [5, 5.41) is 2.88. The van der Waals surface area contributed by atoms with Crippen LogP contribution in [0.1, 0.15) is 41.6 Å². The molecule has 1 aliphatic rings. The van der Waals surface area contributed by atoms with E-state index in [2.05, 4.69) is 33.4 Å². The molecule has 0 spiro atoms. The van der Waals surface area contributed by atoms with Crippen molar-refractivity contribution in [3.8, 4) is 0 Å². The quantitative estimate of drug-likeness (QED) is 0.445. The minimum Gasteiger partial charge on any atom is -0.465 e. The molecule has 0 saturated heterocycles. The van der Waals surface area contributed by atoms with Crippen LogP contribution in [0, 0.1) is 11.8 Å². The Bertz CT molecular complexity index is 880. The van der Waals surface area contributed by atoms with Crippen LogP contribution in [0.5, 0.6) is 0 Å². The number of rotatable bonds is 7. The van der Waals surface area contributed by atoms with E-state index in [1.165, 1.54) is 12.7 Å². The van der Waals surface area contributed by atoms with Crippen LogP contribution < -0.4 is 11.1 Å². The third-order valence-electron chi connectivity index (χ3n) is 5.49. The van der Waals surface area contributed by atoms with E-state index < -0.39 is 5.97 Å². The van der Waals surface area contributed by atoms with E-state index in [-0.39, 0.29) is 11.8 Å². The van der Waals surface area contributed by atoms with Gasteiger partial charge in [-0.2, -0.15) is 0 Å². The number of benzene rings is 2. The first kappa shape index (κ1) is 22.3. The fourth-order valence-corrected chi connectivity index (χ4v) is 4.23. The van der Waals surface area contributed by atoms with Gasteiger partial charge in [0, 0.05) is 17.0 Å². The van der Waals surface area contributed by atoms with Crippen LogP contribution in [0.25, 0.3) is 0 Å². The average molecular weight is 475 g/mol. The van der Waals surface area contributed by atoms with Crippen molar-refractivity contribution in [2.45, 2.75) is 32.3 Å². The van der Waals surface area contributed by atoms with Gasteiger partial charge in [0.2, 0.25) is 5.91 Å². The molecule has 1 aliphatic carbocycles. The van der Waals surface area contributed by atoms with Crippen LogP contribution in [0.4, 0.5) is 11.4 Å². The van der Waals surface area contributed by atoms with E-state index in [1.807, 2.05) is 18.2 Å². The Morgan fingerprint density at radius 2 is 1.83 bits per heavy atom. The number of esters is 1. The molecule has 1 amide bonds. The predicted octanol–water partition coefficient (Wildman–Crippen LogP) is 4.78. The van der Waals surface area contributed by atoms with Crippen molar-refractivity contribution in [3.63, 3.8) is 0 Å². The summed E-state index contributed by atoms with van der Waals surface area (Å²) in [6, 6.07) is 13.3. The second-order valence-electron chi connectivity index (χ2n) is 7.62. The first-order chi connectivity index (χ1) is 14.5. The molecule has 7 heteroatoms. The molecule has 2 aromatic rings. The number of nitrogens with two attached hydrogens (primary N) is 1. The second kappa shape index (κ2) is 10.6. The van der Waals surface area contributed by atoms with Crippen molar-refractivity contribution in [2.75, 3.05) is 24.8 Å². The summed E-state index contributed by atoms with van der Waals surface area (Å²) in [5.74, 6) is -0.154. The number of ether oxygens (including phenoxy) is 2. The highest BCUT2D eigenvalue weighted by atomic mass is 79.9. The van der Waals surface area contributed by atoms with Gasteiger partial charge in [0.1, 0.15) is 0 Å². The van der Waals surface area contributed by atoms with Gasteiger partial charge in [-0.25, -0.2) is 4.79 Å². The highest BCUT2D eigenvalue weighted by molar-refractivity contribution is 9.10. The molecule has 3 N–H and O–H groups in total. The van der Waals surface area contributed by atoms with Gasteiger partial charge in [-0.1, -0.05) is 30.3 Å². The van der Waals surface area contributed by atoms with Crippen LogP contribution in [0.3, 0.4) is 0 Å². The summed E-state index contributed by atoms with van der Waals surface area (Å²) in [6.07, 6.45) is 3.53. The SMILES string of the molecule is COC(=O)c1cc(NC(=O)C2CCC(COCc3ccccc3)CC2)c(N)cc1Br. The lowest BCUT2D eigenvalue weighted by Gasteiger charge is -2.28. The van der Waals surface area contributed by atoms with E-state index in [0.717, 1.165) is 25.7 Å². The predicted molar refractivity (Wildman–Crippen MR) is 120 cm³/mol. The van der Waals surface area contributed by atoms with E-state index in [9.17, 15) is 9.59 Å². The molecule has 1 fully saturated rings. The fourth-order valence-electron chi connectivity index (χ4n) is 3.71. The van der Waals surface area contributed by atoms with Gasteiger partial charge < -0.3 is 20.5 Å². The monoisotopic (exact) mass is 474 g/mol. The normalized spacial score (nSPS) is 18.6. The maximum absolute atomic E-state index is 12.7. The molecule has 0 aliphatic heterocycles. The number of nitrogen functional groups attached to an aromatic ring is 1. The summed E-state index contributed by atoms with van der Waals surface area (Å²) in [5.41, 5.74) is 8.33. The Morgan fingerprint density at radius 3 is 2.50 bits per heavy atom. The van der Waals surface area contributed by atoms with Gasteiger partial charge in [-0.3, -0.25) is 4.79 Å². The average Bonchev–Trinajstić information content (AvgIpc) is 2.76. The number of methoxy groups -OCH3 is 1. The van der Waals surface area contributed by atoms with E-state index in [4.69, 9.17) is 15.2 Å². The maximum atomic E-state index is 12.7. The van der Waals surface area contributed by atoms with Gasteiger partial charge in [0.25, 0.3) is 0 Å². The Labute approximate surface area is 185 Å². The van der Waals surface area contributed by atoms with Crippen LogP contribution in [0.15, 0.2) is 46.9 Å². The highest BCUT2D eigenvalue weighted by Crippen LogP contribution is 2.32. The number of amides is 1. The lowest BCUT2D eigenvalue weighted by atomic mass is 9.82.